The lowest BCUT2D eigenvalue weighted by atomic mass is 10.1. The van der Waals surface area contributed by atoms with Gasteiger partial charge < -0.3 is 24.8 Å². The molecule has 0 spiro atoms. The van der Waals surface area contributed by atoms with Crippen molar-refractivity contribution in [3.63, 3.8) is 0 Å². The molecule has 0 saturated heterocycles. The predicted molar refractivity (Wildman–Crippen MR) is 92.0 cm³/mol. The van der Waals surface area contributed by atoms with Gasteiger partial charge in [-0.15, -0.1) is 12.4 Å². The van der Waals surface area contributed by atoms with Crippen molar-refractivity contribution in [1.82, 2.24) is 5.32 Å². The number of hydrogen-bond acceptors (Lipinski definition) is 5. The predicted octanol–water partition coefficient (Wildman–Crippen LogP) is 2.01. The van der Waals surface area contributed by atoms with E-state index in [0.717, 1.165) is 17.7 Å². The largest absolute Gasteiger partial charge is 0.492 e. The second kappa shape index (κ2) is 9.60. The fourth-order valence-corrected chi connectivity index (χ4v) is 2.38. The van der Waals surface area contributed by atoms with Gasteiger partial charge in [-0.25, -0.2) is 0 Å². The van der Waals surface area contributed by atoms with Crippen LogP contribution in [0.1, 0.15) is 19.4 Å². The van der Waals surface area contributed by atoms with Crippen molar-refractivity contribution in [2.75, 3.05) is 38.7 Å². The summed E-state index contributed by atoms with van der Waals surface area (Å²) < 4.78 is 16.3. The average molecular weight is 345 g/mol. The molecule has 7 heteroatoms. The highest BCUT2D eigenvalue weighted by Crippen LogP contribution is 2.37. The number of fused-ring (bicyclic) bond motifs is 1. The fraction of sp³-hybridized carbons (Fsp3) is 0.562. The lowest BCUT2D eigenvalue weighted by Crippen LogP contribution is -2.30. The van der Waals surface area contributed by atoms with Crippen molar-refractivity contribution >= 4 is 24.0 Å². The van der Waals surface area contributed by atoms with Gasteiger partial charge in [-0.2, -0.15) is 0 Å². The molecule has 6 nitrogen and oxygen atoms in total. The fourth-order valence-electron chi connectivity index (χ4n) is 2.38. The number of methoxy groups -OCH3 is 1. The molecule has 0 fully saturated rings. The molecule has 0 aliphatic carbocycles. The number of rotatable bonds is 8. The molecule has 130 valence electrons. The Kier molecular flexibility index (Phi) is 8.16. The number of benzene rings is 1. The zero-order valence-electron chi connectivity index (χ0n) is 13.8. The van der Waals surface area contributed by atoms with Crippen LogP contribution in [0.4, 0.5) is 5.69 Å². The van der Waals surface area contributed by atoms with E-state index in [9.17, 15) is 4.79 Å². The maximum absolute atomic E-state index is 12.0. The Morgan fingerprint density at radius 3 is 2.91 bits per heavy atom. The van der Waals surface area contributed by atoms with Gasteiger partial charge in [0.1, 0.15) is 17.6 Å². The van der Waals surface area contributed by atoms with Crippen LogP contribution in [0.2, 0.25) is 0 Å². The molecule has 1 atom stereocenters. The van der Waals surface area contributed by atoms with Gasteiger partial charge in [-0.05, 0) is 19.9 Å². The number of halogens is 1. The van der Waals surface area contributed by atoms with Crippen LogP contribution in [-0.4, -0.2) is 45.4 Å². The van der Waals surface area contributed by atoms with Crippen LogP contribution < -0.4 is 20.1 Å². The van der Waals surface area contributed by atoms with Gasteiger partial charge in [0.2, 0.25) is 5.91 Å². The summed E-state index contributed by atoms with van der Waals surface area (Å²) in [5.41, 5.74) is 1.76. The van der Waals surface area contributed by atoms with Gasteiger partial charge in [0.05, 0.1) is 25.4 Å². The molecule has 0 bridgehead atoms. The molecule has 0 saturated carbocycles. The Morgan fingerprint density at radius 2 is 2.22 bits per heavy atom. The Hall–Kier alpha value is -1.50. The molecule has 1 aliphatic rings. The van der Waals surface area contributed by atoms with E-state index in [0.29, 0.717) is 31.2 Å². The quantitative estimate of drug-likeness (QED) is 0.706. The summed E-state index contributed by atoms with van der Waals surface area (Å²) in [4.78, 5) is 12.0. The SMILES string of the molecule is CCOc1cc2c(cc1NC(=O)CNCCOC)OC(C)C2.Cl. The summed E-state index contributed by atoms with van der Waals surface area (Å²) in [5, 5.41) is 5.88. The summed E-state index contributed by atoms with van der Waals surface area (Å²) in [6.07, 6.45) is 1.02. The van der Waals surface area contributed by atoms with Crippen LogP contribution in [-0.2, 0) is 16.0 Å². The van der Waals surface area contributed by atoms with Crippen LogP contribution in [0.3, 0.4) is 0 Å². The Labute approximate surface area is 143 Å². The van der Waals surface area contributed by atoms with Crippen molar-refractivity contribution in [1.29, 1.82) is 0 Å². The van der Waals surface area contributed by atoms with E-state index in [1.165, 1.54) is 0 Å². The normalized spacial score (nSPS) is 15.3. The smallest absolute Gasteiger partial charge is 0.238 e. The lowest BCUT2D eigenvalue weighted by molar-refractivity contribution is -0.115. The third-order valence-electron chi connectivity index (χ3n) is 3.34. The minimum atomic E-state index is -0.122. The first-order valence-electron chi connectivity index (χ1n) is 7.60. The maximum Gasteiger partial charge on any atom is 0.238 e. The molecular weight excluding hydrogens is 320 g/mol. The molecule has 0 radical (unpaired) electrons. The van der Waals surface area contributed by atoms with Crippen LogP contribution in [0.15, 0.2) is 12.1 Å². The van der Waals surface area contributed by atoms with Crippen molar-refractivity contribution in [3.05, 3.63) is 17.7 Å². The third kappa shape index (κ3) is 5.57. The summed E-state index contributed by atoms with van der Waals surface area (Å²) in [6.45, 7) is 5.92. The van der Waals surface area contributed by atoms with Gasteiger partial charge in [0, 0.05) is 31.7 Å². The van der Waals surface area contributed by atoms with Crippen molar-refractivity contribution in [2.45, 2.75) is 26.4 Å². The summed E-state index contributed by atoms with van der Waals surface area (Å²) >= 11 is 0. The van der Waals surface area contributed by atoms with Crippen LogP contribution in [0.25, 0.3) is 0 Å². The molecule has 23 heavy (non-hydrogen) atoms. The molecular formula is C16H25ClN2O4. The standard InChI is InChI=1S/C16H24N2O4.ClH/c1-4-21-15-8-12-7-11(2)22-14(12)9-13(15)18-16(19)10-17-5-6-20-3;/h8-9,11,17H,4-7,10H2,1-3H3,(H,18,19);1H. The maximum atomic E-state index is 12.0. The Bertz CT molecular complexity index is 525. The highest BCUT2D eigenvalue weighted by molar-refractivity contribution is 5.94. The summed E-state index contributed by atoms with van der Waals surface area (Å²) in [5.74, 6) is 1.38. The summed E-state index contributed by atoms with van der Waals surface area (Å²) in [7, 11) is 1.63. The van der Waals surface area contributed by atoms with Crippen LogP contribution >= 0.6 is 12.4 Å². The van der Waals surface area contributed by atoms with Crippen molar-refractivity contribution in [2.24, 2.45) is 0 Å². The molecule has 1 aromatic carbocycles. The molecule has 1 unspecified atom stereocenters. The minimum absolute atomic E-state index is 0. The van der Waals surface area contributed by atoms with E-state index in [2.05, 4.69) is 10.6 Å². The van der Waals surface area contributed by atoms with Crippen LogP contribution in [0.5, 0.6) is 11.5 Å². The molecule has 0 aromatic heterocycles. The van der Waals surface area contributed by atoms with E-state index in [4.69, 9.17) is 14.2 Å². The van der Waals surface area contributed by atoms with E-state index >= 15 is 0 Å². The van der Waals surface area contributed by atoms with Gasteiger partial charge in [0.15, 0.2) is 0 Å². The number of hydrogen-bond donors (Lipinski definition) is 2. The number of carbonyl (C=O) groups is 1. The highest BCUT2D eigenvalue weighted by Gasteiger charge is 2.22. The van der Waals surface area contributed by atoms with Gasteiger partial charge >= 0.3 is 0 Å². The average Bonchev–Trinajstić information content (AvgIpc) is 2.83. The Balaban J connectivity index is 0.00000264. The molecule has 1 heterocycles. The summed E-state index contributed by atoms with van der Waals surface area (Å²) in [6, 6.07) is 3.80. The first kappa shape index (κ1) is 19.5. The number of nitrogens with one attached hydrogen (secondary N) is 2. The number of amides is 1. The minimum Gasteiger partial charge on any atom is -0.492 e. The first-order valence-corrected chi connectivity index (χ1v) is 7.60. The zero-order valence-corrected chi connectivity index (χ0v) is 14.6. The Morgan fingerprint density at radius 1 is 1.43 bits per heavy atom. The van der Waals surface area contributed by atoms with Gasteiger partial charge in [0.25, 0.3) is 0 Å². The van der Waals surface area contributed by atoms with Crippen LogP contribution in [0, 0.1) is 0 Å². The second-order valence-electron chi connectivity index (χ2n) is 5.24. The second-order valence-corrected chi connectivity index (χ2v) is 5.24. The van der Waals surface area contributed by atoms with Gasteiger partial charge in [-0.3, -0.25) is 4.79 Å². The molecule has 2 N–H and O–H groups in total. The monoisotopic (exact) mass is 344 g/mol. The molecule has 1 aromatic rings. The number of carbonyl (C=O) groups excluding carboxylic acids is 1. The molecule has 1 aliphatic heterocycles. The molecule has 2 rings (SSSR count). The molecule has 1 amide bonds. The van der Waals surface area contributed by atoms with E-state index in [-0.39, 0.29) is 31.0 Å². The number of ether oxygens (including phenoxy) is 3. The van der Waals surface area contributed by atoms with Crippen molar-refractivity contribution < 1.29 is 19.0 Å². The van der Waals surface area contributed by atoms with E-state index in [1.807, 2.05) is 26.0 Å². The lowest BCUT2D eigenvalue weighted by Gasteiger charge is -2.14. The van der Waals surface area contributed by atoms with Gasteiger partial charge in [-0.1, -0.05) is 0 Å². The third-order valence-corrected chi connectivity index (χ3v) is 3.34. The zero-order chi connectivity index (χ0) is 15.9. The van der Waals surface area contributed by atoms with Crippen molar-refractivity contribution in [3.8, 4) is 11.5 Å². The first-order chi connectivity index (χ1) is 10.6. The van der Waals surface area contributed by atoms with E-state index in [1.54, 1.807) is 7.11 Å². The number of anilines is 1. The topological polar surface area (TPSA) is 68.8 Å². The van der Waals surface area contributed by atoms with E-state index < -0.39 is 0 Å². The highest BCUT2D eigenvalue weighted by atomic mass is 35.5.